The lowest BCUT2D eigenvalue weighted by Gasteiger charge is -2.20. The van der Waals surface area contributed by atoms with Crippen molar-refractivity contribution in [2.45, 2.75) is 45.6 Å². The lowest BCUT2D eigenvalue weighted by atomic mass is 10.1. The van der Waals surface area contributed by atoms with Crippen LogP contribution in [0.3, 0.4) is 0 Å². The number of benzene rings is 3. The summed E-state index contributed by atoms with van der Waals surface area (Å²) < 4.78 is 8.18. The number of halogens is 1. The van der Waals surface area contributed by atoms with Crippen LogP contribution in [0, 0.1) is 13.8 Å². The topological polar surface area (TPSA) is 47.4 Å². The van der Waals surface area contributed by atoms with Crippen LogP contribution in [0.5, 0.6) is 5.75 Å². The summed E-state index contributed by atoms with van der Waals surface area (Å²) in [6.07, 6.45) is 2.44. The maximum atomic E-state index is 13.0. The first-order valence-corrected chi connectivity index (χ1v) is 12.1. The largest absolute Gasteiger partial charge is 0.494 e. The zero-order valence-corrected chi connectivity index (χ0v) is 21.1. The number of fused-ring (bicyclic) bond motifs is 1. The predicted molar refractivity (Wildman–Crippen MR) is 144 cm³/mol. The molecular weight excluding hydrogens is 458 g/mol. The van der Waals surface area contributed by atoms with Gasteiger partial charge in [-0.1, -0.05) is 48.0 Å². The third kappa shape index (κ3) is 5.35. The van der Waals surface area contributed by atoms with Crippen LogP contribution in [0.25, 0.3) is 11.0 Å². The minimum Gasteiger partial charge on any atom is -0.494 e. The molecule has 0 bridgehead atoms. The summed E-state index contributed by atoms with van der Waals surface area (Å²) in [5, 5.41) is 0. The molecule has 2 heterocycles. The predicted octanol–water partition coefficient (Wildman–Crippen LogP) is 6.45. The van der Waals surface area contributed by atoms with Gasteiger partial charge in [0, 0.05) is 31.1 Å². The maximum Gasteiger partial charge on any atom is 0.227 e. The minimum absolute atomic E-state index is 0. The average molecular weight is 490 g/mol. The Kier molecular flexibility index (Phi) is 7.76. The van der Waals surface area contributed by atoms with Crippen LogP contribution in [0.1, 0.15) is 42.1 Å². The van der Waals surface area contributed by atoms with Crippen LogP contribution in [0.4, 0.5) is 5.69 Å². The summed E-state index contributed by atoms with van der Waals surface area (Å²) in [4.78, 5) is 20.0. The van der Waals surface area contributed by atoms with Crippen molar-refractivity contribution in [3.63, 3.8) is 0 Å². The standard InChI is InChI=1S/C29H31N3O2.ClH/c1-21-14-15-26(22(2)18-21)32-20-23(19-28(32)33)29-30-25-12-6-7-13-27(25)31(29)16-8-9-17-34-24-10-4-3-5-11-24;/h3-7,10-15,18,23H,8-9,16-17,19-20H2,1-2H3;1H. The molecule has 0 saturated carbocycles. The molecule has 1 aliphatic rings. The van der Waals surface area contributed by atoms with Crippen LogP contribution < -0.4 is 9.64 Å². The van der Waals surface area contributed by atoms with Crippen LogP contribution in [0.2, 0.25) is 0 Å². The molecule has 182 valence electrons. The fraction of sp³-hybridized carbons (Fsp3) is 0.310. The van der Waals surface area contributed by atoms with Crippen molar-refractivity contribution in [3.05, 3.63) is 89.7 Å². The average Bonchev–Trinajstić information content (AvgIpc) is 3.40. The number of anilines is 1. The van der Waals surface area contributed by atoms with Crippen molar-refractivity contribution < 1.29 is 9.53 Å². The van der Waals surface area contributed by atoms with E-state index < -0.39 is 0 Å². The van der Waals surface area contributed by atoms with Gasteiger partial charge in [0.2, 0.25) is 5.91 Å². The third-order valence-electron chi connectivity index (χ3n) is 6.61. The number of carbonyl (C=O) groups excluding carboxylic acids is 1. The van der Waals surface area contributed by atoms with Gasteiger partial charge in [-0.3, -0.25) is 4.79 Å². The first kappa shape index (κ1) is 24.8. The molecule has 6 heteroatoms. The van der Waals surface area contributed by atoms with E-state index in [0.717, 1.165) is 53.2 Å². The zero-order chi connectivity index (χ0) is 23.5. The number of nitrogens with zero attached hydrogens (tertiary/aromatic N) is 3. The van der Waals surface area contributed by atoms with Crippen molar-refractivity contribution in [1.29, 1.82) is 0 Å². The fourth-order valence-corrected chi connectivity index (χ4v) is 4.94. The number of hydrogen-bond donors (Lipinski definition) is 0. The van der Waals surface area contributed by atoms with Gasteiger partial charge in [-0.25, -0.2) is 4.98 Å². The molecule has 1 fully saturated rings. The number of imidazole rings is 1. The summed E-state index contributed by atoms with van der Waals surface area (Å²) in [5.74, 6) is 2.19. The molecule has 4 aromatic rings. The molecule has 5 rings (SSSR count). The van der Waals surface area contributed by atoms with Crippen LogP contribution in [-0.2, 0) is 11.3 Å². The molecular formula is C29H32ClN3O2. The number of aryl methyl sites for hydroxylation is 3. The van der Waals surface area contributed by atoms with Crippen molar-refractivity contribution in [2.24, 2.45) is 0 Å². The second-order valence-electron chi connectivity index (χ2n) is 9.17. The molecule has 1 aromatic heterocycles. The molecule has 3 aromatic carbocycles. The number of para-hydroxylation sites is 3. The normalized spacial score (nSPS) is 15.4. The van der Waals surface area contributed by atoms with E-state index in [9.17, 15) is 4.79 Å². The zero-order valence-electron chi connectivity index (χ0n) is 20.3. The lowest BCUT2D eigenvalue weighted by Crippen LogP contribution is -2.25. The molecule has 1 atom stereocenters. The van der Waals surface area contributed by atoms with E-state index in [1.165, 1.54) is 5.56 Å². The molecule has 0 aliphatic carbocycles. The molecule has 1 saturated heterocycles. The summed E-state index contributed by atoms with van der Waals surface area (Å²) in [5.41, 5.74) is 5.50. The van der Waals surface area contributed by atoms with Crippen molar-refractivity contribution >= 4 is 35.0 Å². The Labute approximate surface area is 213 Å². The molecule has 0 radical (unpaired) electrons. The molecule has 1 unspecified atom stereocenters. The molecule has 0 spiro atoms. The summed E-state index contributed by atoms with van der Waals surface area (Å²) >= 11 is 0. The first-order chi connectivity index (χ1) is 16.6. The van der Waals surface area contributed by atoms with Crippen molar-refractivity contribution in [1.82, 2.24) is 9.55 Å². The van der Waals surface area contributed by atoms with E-state index in [0.29, 0.717) is 19.6 Å². The van der Waals surface area contributed by atoms with Crippen LogP contribution in [-0.4, -0.2) is 28.6 Å². The highest BCUT2D eigenvalue weighted by atomic mass is 35.5. The quantitative estimate of drug-likeness (QED) is 0.267. The second kappa shape index (κ2) is 11.0. The highest BCUT2D eigenvalue weighted by Crippen LogP contribution is 2.34. The Bertz CT molecular complexity index is 1300. The third-order valence-corrected chi connectivity index (χ3v) is 6.61. The summed E-state index contributed by atoms with van der Waals surface area (Å²) in [6, 6.07) is 24.5. The Morgan fingerprint density at radius 1 is 0.971 bits per heavy atom. The number of unbranched alkanes of at least 4 members (excludes halogenated alkanes) is 1. The van der Waals surface area contributed by atoms with Gasteiger partial charge in [0.1, 0.15) is 11.6 Å². The Hall–Kier alpha value is -3.31. The maximum absolute atomic E-state index is 13.0. The van der Waals surface area contributed by atoms with Gasteiger partial charge in [-0.2, -0.15) is 0 Å². The highest BCUT2D eigenvalue weighted by molar-refractivity contribution is 5.97. The van der Waals surface area contributed by atoms with Crippen molar-refractivity contribution in [2.75, 3.05) is 18.1 Å². The number of hydrogen-bond acceptors (Lipinski definition) is 3. The molecule has 1 amide bonds. The van der Waals surface area contributed by atoms with Gasteiger partial charge in [0.25, 0.3) is 0 Å². The monoisotopic (exact) mass is 489 g/mol. The van der Waals surface area contributed by atoms with E-state index >= 15 is 0 Å². The molecule has 1 aliphatic heterocycles. The molecule has 5 nitrogen and oxygen atoms in total. The summed E-state index contributed by atoms with van der Waals surface area (Å²) in [6.45, 7) is 6.38. The van der Waals surface area contributed by atoms with Crippen molar-refractivity contribution in [3.8, 4) is 5.75 Å². The first-order valence-electron chi connectivity index (χ1n) is 12.1. The Morgan fingerprint density at radius 3 is 2.54 bits per heavy atom. The Balaban J connectivity index is 0.00000289. The van der Waals surface area contributed by atoms with E-state index in [2.05, 4.69) is 54.8 Å². The van der Waals surface area contributed by atoms with E-state index in [1.54, 1.807) is 0 Å². The van der Waals surface area contributed by atoms with Gasteiger partial charge >= 0.3 is 0 Å². The molecule has 0 N–H and O–H groups in total. The number of amides is 1. The van der Waals surface area contributed by atoms with E-state index in [1.807, 2.05) is 41.3 Å². The van der Waals surface area contributed by atoms with Gasteiger partial charge in [-0.05, 0) is 62.6 Å². The number of rotatable bonds is 8. The highest BCUT2D eigenvalue weighted by Gasteiger charge is 2.35. The Morgan fingerprint density at radius 2 is 1.74 bits per heavy atom. The number of ether oxygens (including phenoxy) is 1. The van der Waals surface area contributed by atoms with Gasteiger partial charge in [0.15, 0.2) is 0 Å². The second-order valence-corrected chi connectivity index (χ2v) is 9.17. The smallest absolute Gasteiger partial charge is 0.227 e. The van der Waals surface area contributed by atoms with E-state index in [-0.39, 0.29) is 24.2 Å². The van der Waals surface area contributed by atoms with Crippen LogP contribution in [0.15, 0.2) is 72.8 Å². The van der Waals surface area contributed by atoms with Crippen LogP contribution >= 0.6 is 12.4 Å². The lowest BCUT2D eigenvalue weighted by molar-refractivity contribution is -0.117. The summed E-state index contributed by atoms with van der Waals surface area (Å²) in [7, 11) is 0. The van der Waals surface area contributed by atoms with E-state index in [4.69, 9.17) is 9.72 Å². The number of aromatic nitrogens is 2. The number of carbonyl (C=O) groups is 1. The van der Waals surface area contributed by atoms with Gasteiger partial charge < -0.3 is 14.2 Å². The minimum atomic E-state index is 0. The van der Waals surface area contributed by atoms with Gasteiger partial charge in [-0.15, -0.1) is 12.4 Å². The SMILES string of the molecule is Cc1ccc(N2CC(c3nc4ccccc4n3CCCCOc3ccccc3)CC2=O)c(C)c1.Cl. The fourth-order valence-electron chi connectivity index (χ4n) is 4.94. The van der Waals surface area contributed by atoms with Gasteiger partial charge in [0.05, 0.1) is 17.6 Å². The molecule has 35 heavy (non-hydrogen) atoms.